The van der Waals surface area contributed by atoms with Crippen LogP contribution in [0.2, 0.25) is 5.02 Å². The summed E-state index contributed by atoms with van der Waals surface area (Å²) in [6, 6.07) is 12.4. The van der Waals surface area contributed by atoms with Gasteiger partial charge in [-0.3, -0.25) is 0 Å². The summed E-state index contributed by atoms with van der Waals surface area (Å²) in [5, 5.41) is 0.364. The lowest BCUT2D eigenvalue weighted by atomic mass is 9.88. The van der Waals surface area contributed by atoms with Crippen LogP contribution in [0.4, 0.5) is 0 Å². The molecular formula is C18H20ClNO3S. The molecule has 0 heterocycles. The molecule has 1 aliphatic carbocycles. The third kappa shape index (κ3) is 3.58. The number of ether oxygens (including phenoxy) is 1. The standard InChI is InChI=1S/C18H20ClNO3S/c1-2-23-17-11-10-14(19)12-18(17)24(21,22)20-16-9-5-7-13-6-3-4-8-15(13)16/h3-4,6,8,10-12,16,20H,2,5,7,9H2,1H3. The molecule has 24 heavy (non-hydrogen) atoms. The normalized spacial score (nSPS) is 17.3. The van der Waals surface area contributed by atoms with Crippen molar-refractivity contribution in [1.29, 1.82) is 0 Å². The van der Waals surface area contributed by atoms with Gasteiger partial charge in [-0.25, -0.2) is 13.1 Å². The van der Waals surface area contributed by atoms with Gasteiger partial charge in [-0.1, -0.05) is 35.9 Å². The van der Waals surface area contributed by atoms with Gasteiger partial charge in [0.25, 0.3) is 0 Å². The van der Waals surface area contributed by atoms with Gasteiger partial charge >= 0.3 is 0 Å². The minimum Gasteiger partial charge on any atom is -0.492 e. The second-order valence-corrected chi connectivity index (χ2v) is 7.91. The van der Waals surface area contributed by atoms with Gasteiger partial charge in [-0.15, -0.1) is 0 Å². The molecule has 6 heteroatoms. The maximum atomic E-state index is 12.9. The Hall–Kier alpha value is -1.56. The second-order valence-electron chi connectivity index (χ2n) is 5.79. The van der Waals surface area contributed by atoms with Gasteiger partial charge in [0.05, 0.1) is 6.61 Å². The zero-order valence-corrected chi connectivity index (χ0v) is 15.0. The third-order valence-electron chi connectivity index (χ3n) is 4.16. The molecule has 1 N–H and O–H groups in total. The lowest BCUT2D eigenvalue weighted by Crippen LogP contribution is -2.31. The fourth-order valence-electron chi connectivity index (χ4n) is 3.09. The molecule has 0 radical (unpaired) electrons. The fourth-order valence-corrected chi connectivity index (χ4v) is 4.75. The van der Waals surface area contributed by atoms with Crippen LogP contribution in [-0.4, -0.2) is 15.0 Å². The van der Waals surface area contributed by atoms with Crippen molar-refractivity contribution in [1.82, 2.24) is 4.72 Å². The Morgan fingerprint density at radius 3 is 2.83 bits per heavy atom. The van der Waals surface area contributed by atoms with Crippen LogP contribution in [0, 0.1) is 0 Å². The highest BCUT2D eigenvalue weighted by Gasteiger charge is 2.27. The molecule has 0 aliphatic heterocycles. The van der Waals surface area contributed by atoms with E-state index in [9.17, 15) is 8.42 Å². The summed E-state index contributed by atoms with van der Waals surface area (Å²) < 4.78 is 34.1. The summed E-state index contributed by atoms with van der Waals surface area (Å²) >= 11 is 6.00. The molecule has 2 aromatic rings. The number of sulfonamides is 1. The average molecular weight is 366 g/mol. The molecule has 1 aliphatic rings. The first-order valence-corrected chi connectivity index (χ1v) is 9.90. The molecule has 0 aromatic heterocycles. The first-order valence-electron chi connectivity index (χ1n) is 8.04. The van der Waals surface area contributed by atoms with E-state index in [0.717, 1.165) is 24.8 Å². The Labute approximate surface area is 147 Å². The van der Waals surface area contributed by atoms with E-state index in [1.54, 1.807) is 12.1 Å². The third-order valence-corrected chi connectivity index (χ3v) is 5.89. The van der Waals surface area contributed by atoms with Crippen LogP contribution in [0.3, 0.4) is 0 Å². The van der Waals surface area contributed by atoms with Gasteiger partial charge < -0.3 is 4.74 Å². The molecule has 0 fully saturated rings. The highest BCUT2D eigenvalue weighted by molar-refractivity contribution is 7.89. The highest BCUT2D eigenvalue weighted by atomic mass is 35.5. The average Bonchev–Trinajstić information content (AvgIpc) is 2.57. The number of hydrogen-bond donors (Lipinski definition) is 1. The van der Waals surface area contributed by atoms with Crippen molar-refractivity contribution in [3.63, 3.8) is 0 Å². The van der Waals surface area contributed by atoms with E-state index in [1.807, 2.05) is 25.1 Å². The SMILES string of the molecule is CCOc1ccc(Cl)cc1S(=O)(=O)NC1CCCc2ccccc21. The first kappa shape index (κ1) is 17.3. The van der Waals surface area contributed by atoms with E-state index in [-0.39, 0.29) is 10.9 Å². The first-order chi connectivity index (χ1) is 11.5. The van der Waals surface area contributed by atoms with Crippen molar-refractivity contribution in [3.05, 3.63) is 58.6 Å². The topological polar surface area (TPSA) is 55.4 Å². The predicted molar refractivity (Wildman–Crippen MR) is 95.1 cm³/mol. The lowest BCUT2D eigenvalue weighted by Gasteiger charge is -2.26. The van der Waals surface area contributed by atoms with E-state index in [2.05, 4.69) is 10.8 Å². The van der Waals surface area contributed by atoms with Crippen LogP contribution in [0.25, 0.3) is 0 Å². The molecule has 3 rings (SSSR count). The van der Waals surface area contributed by atoms with Crippen molar-refractivity contribution in [2.75, 3.05) is 6.61 Å². The Bertz CT molecular complexity index is 836. The number of halogens is 1. The van der Waals surface area contributed by atoms with E-state index < -0.39 is 10.0 Å². The lowest BCUT2D eigenvalue weighted by molar-refractivity contribution is 0.331. The largest absolute Gasteiger partial charge is 0.492 e. The molecule has 0 amide bonds. The quantitative estimate of drug-likeness (QED) is 0.868. The molecule has 1 unspecified atom stereocenters. The van der Waals surface area contributed by atoms with Crippen LogP contribution in [0.5, 0.6) is 5.75 Å². The van der Waals surface area contributed by atoms with Gasteiger partial charge in [0.15, 0.2) is 0 Å². The second kappa shape index (κ2) is 7.13. The van der Waals surface area contributed by atoms with Gasteiger partial charge in [-0.05, 0) is 55.5 Å². The van der Waals surface area contributed by atoms with Gasteiger partial charge in [0.2, 0.25) is 10.0 Å². The van der Waals surface area contributed by atoms with E-state index >= 15 is 0 Å². The maximum Gasteiger partial charge on any atom is 0.244 e. The number of rotatable bonds is 5. The van der Waals surface area contributed by atoms with Gasteiger partial charge in [0, 0.05) is 11.1 Å². The monoisotopic (exact) mass is 365 g/mol. The Balaban J connectivity index is 1.94. The summed E-state index contributed by atoms with van der Waals surface area (Å²) in [6.07, 6.45) is 2.72. The smallest absolute Gasteiger partial charge is 0.244 e. The van der Waals surface area contributed by atoms with Crippen molar-refractivity contribution in [2.24, 2.45) is 0 Å². The Morgan fingerprint density at radius 2 is 2.04 bits per heavy atom. The van der Waals surface area contributed by atoms with Crippen LogP contribution >= 0.6 is 11.6 Å². The fraction of sp³-hybridized carbons (Fsp3) is 0.333. The molecule has 2 aromatic carbocycles. The summed E-state index contributed by atoms with van der Waals surface area (Å²) in [6.45, 7) is 2.20. The predicted octanol–water partition coefficient (Wildman–Crippen LogP) is 4.09. The molecule has 4 nitrogen and oxygen atoms in total. The minimum atomic E-state index is -3.74. The number of benzene rings is 2. The summed E-state index contributed by atoms with van der Waals surface area (Å²) in [7, 11) is -3.74. The van der Waals surface area contributed by atoms with Crippen molar-refractivity contribution in [2.45, 2.75) is 37.1 Å². The summed E-state index contributed by atoms with van der Waals surface area (Å²) in [5.41, 5.74) is 2.25. The maximum absolute atomic E-state index is 12.9. The molecule has 0 spiro atoms. The summed E-state index contributed by atoms with van der Waals surface area (Å²) in [4.78, 5) is 0.0832. The number of nitrogens with one attached hydrogen (secondary N) is 1. The van der Waals surface area contributed by atoms with E-state index in [4.69, 9.17) is 16.3 Å². The molecular weight excluding hydrogens is 346 g/mol. The van der Waals surface area contributed by atoms with E-state index in [1.165, 1.54) is 11.6 Å². The molecule has 0 bridgehead atoms. The van der Waals surface area contributed by atoms with Crippen LogP contribution in [0.1, 0.15) is 36.9 Å². The van der Waals surface area contributed by atoms with Crippen LogP contribution < -0.4 is 9.46 Å². The Morgan fingerprint density at radius 1 is 1.25 bits per heavy atom. The summed E-state index contributed by atoms with van der Waals surface area (Å²) in [5.74, 6) is 0.318. The van der Waals surface area contributed by atoms with Gasteiger partial charge in [-0.2, -0.15) is 0 Å². The molecule has 0 saturated heterocycles. The van der Waals surface area contributed by atoms with Crippen molar-refractivity contribution < 1.29 is 13.2 Å². The zero-order valence-electron chi connectivity index (χ0n) is 13.5. The van der Waals surface area contributed by atoms with Crippen LogP contribution in [0.15, 0.2) is 47.4 Å². The number of fused-ring (bicyclic) bond motifs is 1. The molecule has 128 valence electrons. The van der Waals surface area contributed by atoms with Gasteiger partial charge in [0.1, 0.15) is 10.6 Å². The Kier molecular flexibility index (Phi) is 5.13. The molecule has 0 saturated carbocycles. The van der Waals surface area contributed by atoms with E-state index in [0.29, 0.717) is 17.4 Å². The highest BCUT2D eigenvalue weighted by Crippen LogP contribution is 2.33. The zero-order chi connectivity index (χ0) is 17.2. The minimum absolute atomic E-state index is 0.0832. The number of hydrogen-bond acceptors (Lipinski definition) is 3. The molecule has 1 atom stereocenters. The van der Waals surface area contributed by atoms with Crippen molar-refractivity contribution >= 4 is 21.6 Å². The van der Waals surface area contributed by atoms with Crippen LogP contribution in [-0.2, 0) is 16.4 Å². The van der Waals surface area contributed by atoms with Crippen molar-refractivity contribution in [3.8, 4) is 5.75 Å². The number of aryl methyl sites for hydroxylation is 1.